The Kier molecular flexibility index (Phi) is 2.53. The molecule has 0 spiro atoms. The van der Waals surface area contributed by atoms with Gasteiger partial charge in [0.2, 0.25) is 0 Å². The summed E-state index contributed by atoms with van der Waals surface area (Å²) in [5.41, 5.74) is 1.62. The van der Waals surface area contributed by atoms with E-state index in [-0.39, 0.29) is 16.6 Å². The second kappa shape index (κ2) is 4.12. The molecule has 0 bridgehead atoms. The van der Waals surface area contributed by atoms with E-state index in [9.17, 15) is 14.7 Å². The van der Waals surface area contributed by atoms with Crippen molar-refractivity contribution in [3.63, 3.8) is 0 Å². The Labute approximate surface area is 113 Å². The molecular weight excluding hydrogens is 258 g/mol. The molecule has 0 amide bonds. The van der Waals surface area contributed by atoms with Crippen LogP contribution in [-0.2, 0) is 0 Å². The van der Waals surface area contributed by atoms with E-state index >= 15 is 0 Å². The predicted molar refractivity (Wildman–Crippen MR) is 77.7 cm³/mol. The molecule has 6 nitrogen and oxygen atoms in total. The van der Waals surface area contributed by atoms with Gasteiger partial charge in [-0.05, 0) is 18.2 Å². The number of carbonyl (C=O) groups is 1. The number of hydrogen-bond acceptors (Lipinski definition) is 3. The van der Waals surface area contributed by atoms with Crippen LogP contribution in [0.3, 0.4) is 0 Å². The van der Waals surface area contributed by atoms with Gasteiger partial charge in [-0.25, -0.2) is 4.79 Å². The molecule has 0 saturated carbocycles. The SMILES string of the molecule is CN(C)c1ccc2[nH]c(=O)c3[nH]cc(C(=O)O)c3c2c1. The van der Waals surface area contributed by atoms with E-state index in [4.69, 9.17) is 0 Å². The summed E-state index contributed by atoms with van der Waals surface area (Å²) in [6.07, 6.45) is 1.35. The number of carboxylic acids is 1. The lowest BCUT2D eigenvalue weighted by atomic mass is 10.1. The lowest BCUT2D eigenvalue weighted by Crippen LogP contribution is -2.10. The number of aromatic carboxylic acids is 1. The molecule has 0 radical (unpaired) electrons. The molecular formula is C14H13N3O3. The molecule has 0 aliphatic rings. The Bertz CT molecular complexity index is 890. The van der Waals surface area contributed by atoms with Crippen molar-refractivity contribution in [2.75, 3.05) is 19.0 Å². The molecule has 3 aromatic rings. The summed E-state index contributed by atoms with van der Waals surface area (Å²) in [7, 11) is 3.80. The number of rotatable bonds is 2. The molecule has 1 aromatic carbocycles. The van der Waals surface area contributed by atoms with E-state index in [2.05, 4.69) is 9.97 Å². The minimum absolute atomic E-state index is 0.104. The third-order valence-electron chi connectivity index (χ3n) is 3.37. The molecule has 0 atom stereocenters. The highest BCUT2D eigenvalue weighted by Crippen LogP contribution is 2.27. The maximum atomic E-state index is 12.0. The normalized spacial score (nSPS) is 11.1. The second-order valence-electron chi connectivity index (χ2n) is 4.84. The van der Waals surface area contributed by atoms with Crippen LogP contribution in [0.5, 0.6) is 0 Å². The Morgan fingerprint density at radius 3 is 2.70 bits per heavy atom. The maximum Gasteiger partial charge on any atom is 0.337 e. The van der Waals surface area contributed by atoms with Crippen molar-refractivity contribution in [2.24, 2.45) is 0 Å². The molecule has 3 rings (SSSR count). The Morgan fingerprint density at radius 2 is 2.05 bits per heavy atom. The fourth-order valence-corrected chi connectivity index (χ4v) is 2.36. The van der Waals surface area contributed by atoms with Gasteiger partial charge < -0.3 is 20.0 Å². The lowest BCUT2D eigenvalue weighted by Gasteiger charge is -2.13. The van der Waals surface area contributed by atoms with Crippen LogP contribution in [0.25, 0.3) is 21.8 Å². The molecule has 6 heteroatoms. The van der Waals surface area contributed by atoms with Gasteiger partial charge in [0.15, 0.2) is 0 Å². The lowest BCUT2D eigenvalue weighted by molar-refractivity contribution is 0.0699. The summed E-state index contributed by atoms with van der Waals surface area (Å²) in [5, 5.41) is 10.4. The standard InChI is InChI=1S/C14H13N3O3/c1-17(2)7-3-4-10-8(5-7)11-9(14(19)20)6-15-12(11)13(18)16-10/h3-6,15H,1-2H3,(H,16,18)(H,19,20). The smallest absolute Gasteiger partial charge is 0.337 e. The summed E-state index contributed by atoms with van der Waals surface area (Å²) < 4.78 is 0. The average Bonchev–Trinajstić information content (AvgIpc) is 2.84. The van der Waals surface area contributed by atoms with Gasteiger partial charge in [0, 0.05) is 42.3 Å². The number of pyridine rings is 1. The first-order valence-corrected chi connectivity index (χ1v) is 6.07. The first kappa shape index (κ1) is 12.3. The van der Waals surface area contributed by atoms with Gasteiger partial charge in [-0.15, -0.1) is 0 Å². The maximum absolute atomic E-state index is 12.0. The topological polar surface area (TPSA) is 89.2 Å². The Balaban J connectivity index is 2.53. The fourth-order valence-electron chi connectivity index (χ4n) is 2.36. The number of nitrogens with one attached hydrogen (secondary N) is 2. The summed E-state index contributed by atoms with van der Waals surface area (Å²) in [6, 6.07) is 5.52. The number of benzene rings is 1. The van der Waals surface area contributed by atoms with Crippen LogP contribution in [0.15, 0.2) is 29.2 Å². The number of fused-ring (bicyclic) bond motifs is 3. The molecule has 102 valence electrons. The molecule has 0 aliphatic heterocycles. The van der Waals surface area contributed by atoms with Crippen LogP contribution in [-0.4, -0.2) is 35.1 Å². The minimum atomic E-state index is -1.06. The van der Waals surface area contributed by atoms with Gasteiger partial charge in [0.05, 0.1) is 5.56 Å². The van der Waals surface area contributed by atoms with Crippen molar-refractivity contribution in [3.8, 4) is 0 Å². The average molecular weight is 271 g/mol. The molecule has 2 heterocycles. The third-order valence-corrected chi connectivity index (χ3v) is 3.37. The number of nitrogens with zero attached hydrogens (tertiary/aromatic N) is 1. The monoisotopic (exact) mass is 271 g/mol. The highest BCUT2D eigenvalue weighted by atomic mass is 16.4. The molecule has 0 aliphatic carbocycles. The quantitative estimate of drug-likeness (QED) is 0.662. The van der Waals surface area contributed by atoms with E-state index in [1.54, 1.807) is 6.07 Å². The zero-order valence-corrected chi connectivity index (χ0v) is 11.0. The second-order valence-corrected chi connectivity index (χ2v) is 4.84. The molecule has 0 fully saturated rings. The molecule has 0 saturated heterocycles. The molecule has 3 N–H and O–H groups in total. The van der Waals surface area contributed by atoms with Gasteiger partial charge >= 0.3 is 5.97 Å². The zero-order chi connectivity index (χ0) is 14.4. The highest BCUT2D eigenvalue weighted by Gasteiger charge is 2.16. The van der Waals surface area contributed by atoms with E-state index < -0.39 is 5.97 Å². The molecule has 2 aromatic heterocycles. The van der Waals surface area contributed by atoms with Crippen LogP contribution >= 0.6 is 0 Å². The number of anilines is 1. The zero-order valence-electron chi connectivity index (χ0n) is 11.0. The third kappa shape index (κ3) is 1.65. The number of hydrogen-bond donors (Lipinski definition) is 3. The largest absolute Gasteiger partial charge is 0.478 e. The fraction of sp³-hybridized carbons (Fsp3) is 0.143. The van der Waals surface area contributed by atoms with Crippen molar-refractivity contribution < 1.29 is 9.90 Å². The van der Waals surface area contributed by atoms with Crippen LogP contribution in [0.1, 0.15) is 10.4 Å². The summed E-state index contributed by atoms with van der Waals surface area (Å²) in [6.45, 7) is 0. The van der Waals surface area contributed by atoms with Crippen LogP contribution < -0.4 is 10.5 Å². The number of aromatic nitrogens is 2. The van der Waals surface area contributed by atoms with Gasteiger partial charge in [-0.1, -0.05) is 0 Å². The van der Waals surface area contributed by atoms with Crippen molar-refractivity contribution in [2.45, 2.75) is 0 Å². The first-order chi connectivity index (χ1) is 9.49. The molecule has 20 heavy (non-hydrogen) atoms. The van der Waals surface area contributed by atoms with Gasteiger partial charge in [0.1, 0.15) is 5.52 Å². The summed E-state index contributed by atoms with van der Waals surface area (Å²) >= 11 is 0. The Hall–Kier alpha value is -2.76. The number of carboxylic acid groups (broad SMARTS) is 1. The summed E-state index contributed by atoms with van der Waals surface area (Å²) in [4.78, 5) is 30.7. The number of aromatic amines is 2. The van der Waals surface area contributed by atoms with Crippen LogP contribution in [0, 0.1) is 0 Å². The minimum Gasteiger partial charge on any atom is -0.478 e. The van der Waals surface area contributed by atoms with Crippen molar-refractivity contribution in [1.29, 1.82) is 0 Å². The highest BCUT2D eigenvalue weighted by molar-refractivity contribution is 6.15. The van der Waals surface area contributed by atoms with Gasteiger partial charge in [0.25, 0.3) is 5.56 Å². The van der Waals surface area contributed by atoms with Gasteiger partial charge in [-0.2, -0.15) is 0 Å². The van der Waals surface area contributed by atoms with Crippen molar-refractivity contribution in [3.05, 3.63) is 40.3 Å². The van der Waals surface area contributed by atoms with E-state index in [0.29, 0.717) is 16.3 Å². The van der Waals surface area contributed by atoms with Crippen molar-refractivity contribution in [1.82, 2.24) is 9.97 Å². The van der Waals surface area contributed by atoms with E-state index in [1.165, 1.54) is 6.20 Å². The van der Waals surface area contributed by atoms with E-state index in [0.717, 1.165) is 5.69 Å². The van der Waals surface area contributed by atoms with Crippen molar-refractivity contribution >= 4 is 33.5 Å². The van der Waals surface area contributed by atoms with Crippen LogP contribution in [0.2, 0.25) is 0 Å². The Morgan fingerprint density at radius 1 is 1.30 bits per heavy atom. The first-order valence-electron chi connectivity index (χ1n) is 6.07. The molecule has 0 unspecified atom stereocenters. The number of H-pyrrole nitrogens is 2. The van der Waals surface area contributed by atoms with Crippen LogP contribution in [0.4, 0.5) is 5.69 Å². The van der Waals surface area contributed by atoms with Gasteiger partial charge in [-0.3, -0.25) is 4.79 Å². The summed E-state index contributed by atoms with van der Waals surface area (Å²) in [5.74, 6) is -1.06. The predicted octanol–water partition coefficient (Wildman–Crippen LogP) is 1.77. The van der Waals surface area contributed by atoms with E-state index in [1.807, 2.05) is 31.1 Å².